The van der Waals surface area contributed by atoms with Crippen LogP contribution in [-0.4, -0.2) is 9.97 Å². The number of aryl methyl sites for hydroxylation is 3. The van der Waals surface area contributed by atoms with Crippen LogP contribution >= 0.6 is 0 Å². The Bertz CT molecular complexity index is 987. The molecule has 0 saturated carbocycles. The van der Waals surface area contributed by atoms with Crippen LogP contribution in [0.25, 0.3) is 22.5 Å². The van der Waals surface area contributed by atoms with Crippen molar-refractivity contribution in [3.63, 3.8) is 0 Å². The summed E-state index contributed by atoms with van der Waals surface area (Å²) in [4.78, 5) is 9.54. The maximum absolute atomic E-state index is 4.82. The zero-order chi connectivity index (χ0) is 17.0. The summed E-state index contributed by atoms with van der Waals surface area (Å²) in [6.07, 6.45) is 2.90. The summed E-state index contributed by atoms with van der Waals surface area (Å²) in [5.41, 5.74) is 11.1. The molecule has 3 heteroatoms. The molecule has 120 valence electrons. The molecule has 0 amide bonds. The van der Waals surface area contributed by atoms with Gasteiger partial charge in [0.25, 0.3) is 0 Å². The molecule has 0 aliphatic heterocycles. The molecule has 0 atom stereocenters. The fourth-order valence-corrected chi connectivity index (χ4v) is 3.71. The van der Waals surface area contributed by atoms with Gasteiger partial charge >= 0.3 is 5.82 Å². The second-order valence-electron chi connectivity index (χ2n) is 6.88. The quantitative estimate of drug-likeness (QED) is 0.500. The Kier molecular flexibility index (Phi) is 3.27. The largest absolute Gasteiger partial charge is 0.330 e. The molecule has 4 rings (SSSR count). The molecule has 1 aromatic carbocycles. The topological polar surface area (TPSA) is 29.7 Å². The van der Waals surface area contributed by atoms with E-state index in [4.69, 9.17) is 9.97 Å². The predicted octanol–water partition coefficient (Wildman–Crippen LogP) is 3.77. The fourth-order valence-electron chi connectivity index (χ4n) is 3.71. The van der Waals surface area contributed by atoms with Gasteiger partial charge in [0.15, 0.2) is 6.20 Å². The third-order valence-electron chi connectivity index (χ3n) is 5.14. The zero-order valence-corrected chi connectivity index (χ0v) is 14.9. The SMILES string of the molecule is Cc1cc(C)c(C)c(-c2ncc3c([n+]2C)Cc2nc(C)ccc2-3)c1. The van der Waals surface area contributed by atoms with Gasteiger partial charge in [0.1, 0.15) is 5.69 Å². The van der Waals surface area contributed by atoms with Crippen molar-refractivity contribution >= 4 is 0 Å². The van der Waals surface area contributed by atoms with E-state index in [-0.39, 0.29) is 0 Å². The third kappa shape index (κ3) is 2.15. The van der Waals surface area contributed by atoms with Crippen molar-refractivity contribution in [3.8, 4) is 22.5 Å². The van der Waals surface area contributed by atoms with Gasteiger partial charge in [0.05, 0.1) is 30.3 Å². The molecule has 3 aromatic rings. The number of benzene rings is 1. The van der Waals surface area contributed by atoms with Crippen LogP contribution in [0.1, 0.15) is 33.8 Å². The Morgan fingerprint density at radius 3 is 2.54 bits per heavy atom. The lowest BCUT2D eigenvalue weighted by Crippen LogP contribution is -2.37. The number of aromatic nitrogens is 3. The first-order valence-electron chi connectivity index (χ1n) is 8.38. The van der Waals surface area contributed by atoms with Gasteiger partial charge in [0, 0.05) is 11.3 Å². The maximum Gasteiger partial charge on any atom is 0.330 e. The summed E-state index contributed by atoms with van der Waals surface area (Å²) < 4.78 is 2.24. The maximum atomic E-state index is 4.82. The number of nitrogens with zero attached hydrogens (tertiary/aromatic N) is 3. The Morgan fingerprint density at radius 2 is 1.75 bits per heavy atom. The van der Waals surface area contributed by atoms with E-state index in [9.17, 15) is 0 Å². The first-order valence-corrected chi connectivity index (χ1v) is 8.38. The van der Waals surface area contributed by atoms with Crippen molar-refractivity contribution in [2.24, 2.45) is 7.05 Å². The van der Waals surface area contributed by atoms with Gasteiger partial charge in [-0.3, -0.25) is 4.98 Å². The molecule has 0 fully saturated rings. The third-order valence-corrected chi connectivity index (χ3v) is 5.14. The van der Waals surface area contributed by atoms with E-state index < -0.39 is 0 Å². The number of fused-ring (bicyclic) bond motifs is 3. The molecule has 0 radical (unpaired) electrons. The van der Waals surface area contributed by atoms with E-state index in [0.29, 0.717) is 0 Å². The molecule has 24 heavy (non-hydrogen) atoms. The molecule has 2 aromatic heterocycles. The van der Waals surface area contributed by atoms with Crippen molar-refractivity contribution in [2.45, 2.75) is 34.1 Å². The minimum atomic E-state index is 0.877. The van der Waals surface area contributed by atoms with Gasteiger partial charge < -0.3 is 0 Å². The molecule has 0 N–H and O–H groups in total. The van der Waals surface area contributed by atoms with E-state index in [0.717, 1.165) is 23.6 Å². The van der Waals surface area contributed by atoms with Gasteiger partial charge in [-0.25, -0.2) is 4.57 Å². The lowest BCUT2D eigenvalue weighted by atomic mass is 9.99. The van der Waals surface area contributed by atoms with Gasteiger partial charge in [0.2, 0.25) is 0 Å². The molecule has 0 unspecified atom stereocenters. The Hall–Kier alpha value is -2.55. The summed E-state index contributed by atoms with van der Waals surface area (Å²) in [5.74, 6) is 1.03. The number of hydrogen-bond acceptors (Lipinski definition) is 2. The van der Waals surface area contributed by atoms with Gasteiger partial charge in [-0.2, -0.15) is 0 Å². The summed E-state index contributed by atoms with van der Waals surface area (Å²) in [7, 11) is 2.12. The van der Waals surface area contributed by atoms with E-state index in [2.05, 4.69) is 56.7 Å². The number of pyridine rings is 1. The summed E-state index contributed by atoms with van der Waals surface area (Å²) >= 11 is 0. The van der Waals surface area contributed by atoms with E-state index in [1.54, 1.807) is 0 Å². The summed E-state index contributed by atoms with van der Waals surface area (Å²) in [5, 5.41) is 0. The molecule has 3 nitrogen and oxygen atoms in total. The molecule has 0 saturated heterocycles. The average molecular weight is 316 g/mol. The van der Waals surface area contributed by atoms with Crippen molar-refractivity contribution in [3.05, 3.63) is 64.2 Å². The van der Waals surface area contributed by atoms with Crippen LogP contribution in [0, 0.1) is 27.7 Å². The molecular formula is C21H22N3+. The van der Waals surface area contributed by atoms with Crippen molar-refractivity contribution in [1.29, 1.82) is 0 Å². The second-order valence-corrected chi connectivity index (χ2v) is 6.88. The fraction of sp³-hybridized carbons (Fsp3) is 0.286. The van der Waals surface area contributed by atoms with Gasteiger partial charge in [-0.1, -0.05) is 12.1 Å². The molecule has 1 aliphatic carbocycles. The van der Waals surface area contributed by atoms with Crippen LogP contribution in [0.4, 0.5) is 0 Å². The summed E-state index contributed by atoms with van der Waals surface area (Å²) in [6.45, 7) is 8.54. The predicted molar refractivity (Wildman–Crippen MR) is 95.8 cm³/mol. The second kappa shape index (κ2) is 5.23. The Balaban J connectivity index is 1.91. The summed E-state index contributed by atoms with van der Waals surface area (Å²) in [6, 6.07) is 8.72. The van der Waals surface area contributed by atoms with Crippen LogP contribution in [0.5, 0.6) is 0 Å². The van der Waals surface area contributed by atoms with Crippen molar-refractivity contribution < 1.29 is 4.57 Å². The standard InChI is InChI=1S/C21H22N3/c1-12-8-13(2)15(4)17(9-12)21-22-11-18-16-7-6-14(3)23-19(16)10-20(18)24(21)5/h6-9,11H,10H2,1-5H3/q+1. The minimum Gasteiger partial charge on any atom is -0.257 e. The van der Waals surface area contributed by atoms with Crippen molar-refractivity contribution in [2.75, 3.05) is 0 Å². The highest BCUT2D eigenvalue weighted by Crippen LogP contribution is 2.34. The molecule has 2 heterocycles. The smallest absolute Gasteiger partial charge is 0.257 e. The number of hydrogen-bond donors (Lipinski definition) is 0. The lowest BCUT2D eigenvalue weighted by molar-refractivity contribution is -0.669. The van der Waals surface area contributed by atoms with Crippen LogP contribution in [-0.2, 0) is 13.5 Å². The number of rotatable bonds is 1. The highest BCUT2D eigenvalue weighted by molar-refractivity contribution is 5.73. The van der Waals surface area contributed by atoms with Crippen LogP contribution < -0.4 is 4.57 Å². The van der Waals surface area contributed by atoms with E-state index in [1.807, 2.05) is 13.1 Å². The van der Waals surface area contributed by atoms with Crippen LogP contribution in [0.2, 0.25) is 0 Å². The Labute approximate surface area is 143 Å². The van der Waals surface area contributed by atoms with E-state index in [1.165, 1.54) is 39.1 Å². The lowest BCUT2D eigenvalue weighted by Gasteiger charge is -2.10. The highest BCUT2D eigenvalue weighted by Gasteiger charge is 2.29. The van der Waals surface area contributed by atoms with Gasteiger partial charge in [-0.15, -0.1) is 0 Å². The molecule has 1 aliphatic rings. The van der Waals surface area contributed by atoms with E-state index >= 15 is 0 Å². The first-order chi connectivity index (χ1) is 11.5. The molecular weight excluding hydrogens is 294 g/mol. The zero-order valence-electron chi connectivity index (χ0n) is 14.9. The Morgan fingerprint density at radius 1 is 0.958 bits per heavy atom. The molecule has 0 bridgehead atoms. The van der Waals surface area contributed by atoms with Crippen molar-refractivity contribution in [1.82, 2.24) is 9.97 Å². The monoisotopic (exact) mass is 316 g/mol. The first kappa shape index (κ1) is 15.0. The average Bonchev–Trinajstić information content (AvgIpc) is 2.90. The van der Waals surface area contributed by atoms with Gasteiger partial charge in [-0.05, 0) is 61.5 Å². The molecule has 0 spiro atoms. The van der Waals surface area contributed by atoms with Crippen LogP contribution in [0.3, 0.4) is 0 Å². The normalized spacial score (nSPS) is 12.2. The minimum absolute atomic E-state index is 0.877. The van der Waals surface area contributed by atoms with Crippen LogP contribution in [0.15, 0.2) is 30.5 Å². The highest BCUT2D eigenvalue weighted by atomic mass is 15.0.